The molecule has 0 aliphatic heterocycles. The summed E-state index contributed by atoms with van der Waals surface area (Å²) in [4.78, 5) is 16.3. The monoisotopic (exact) mass is 446 g/mol. The minimum Gasteiger partial charge on any atom is -0.366 e. The Morgan fingerprint density at radius 1 is 1.15 bits per heavy atom. The summed E-state index contributed by atoms with van der Waals surface area (Å²) in [6.07, 6.45) is 7.86. The molecular weight excluding hydrogens is 419 g/mol. The number of amides is 1. The molecule has 1 fully saturated rings. The van der Waals surface area contributed by atoms with E-state index in [-0.39, 0.29) is 6.54 Å². The van der Waals surface area contributed by atoms with Crippen molar-refractivity contribution in [2.75, 3.05) is 0 Å². The van der Waals surface area contributed by atoms with Gasteiger partial charge in [-0.2, -0.15) is 0 Å². The van der Waals surface area contributed by atoms with Crippen LogP contribution in [0.25, 0.3) is 33.3 Å². The standard InChI is InChI=1S/C26H27FN4O2/c1-16-23(17(2)33-30-16)20-12-22-24(29-13-20)21(18-6-8-19(9-7-18)25(28)32)14-31(22)15-26(27)10-4-3-5-11-26/h6-9,12-14H,3-5,10-11,15H2,1-2H3,(H2,28,32). The molecule has 3 heterocycles. The maximum atomic E-state index is 15.7. The summed E-state index contributed by atoms with van der Waals surface area (Å²) in [5.41, 5.74) is 10.7. The molecule has 5 rings (SSSR count). The van der Waals surface area contributed by atoms with Gasteiger partial charge in [-0.25, -0.2) is 4.39 Å². The topological polar surface area (TPSA) is 86.9 Å². The molecule has 0 atom stereocenters. The van der Waals surface area contributed by atoms with Gasteiger partial charge in [0.1, 0.15) is 11.4 Å². The van der Waals surface area contributed by atoms with Crippen molar-refractivity contribution < 1.29 is 13.7 Å². The van der Waals surface area contributed by atoms with E-state index >= 15 is 4.39 Å². The number of fused-ring (bicyclic) bond motifs is 1. The van der Waals surface area contributed by atoms with E-state index in [0.717, 1.165) is 64.0 Å². The van der Waals surface area contributed by atoms with Gasteiger partial charge in [-0.15, -0.1) is 0 Å². The Kier molecular flexibility index (Phi) is 5.27. The van der Waals surface area contributed by atoms with Gasteiger partial charge in [0.2, 0.25) is 5.91 Å². The lowest BCUT2D eigenvalue weighted by molar-refractivity contribution is 0.0873. The number of nitrogens with two attached hydrogens (primary N) is 1. The van der Waals surface area contributed by atoms with Crippen molar-refractivity contribution in [2.45, 2.75) is 58.2 Å². The maximum absolute atomic E-state index is 15.7. The molecule has 1 aromatic carbocycles. The van der Waals surface area contributed by atoms with Gasteiger partial charge >= 0.3 is 0 Å². The summed E-state index contributed by atoms with van der Waals surface area (Å²) in [5, 5.41) is 4.07. The number of hydrogen-bond donors (Lipinski definition) is 1. The zero-order chi connectivity index (χ0) is 23.2. The lowest BCUT2D eigenvalue weighted by atomic mass is 9.86. The number of hydrogen-bond acceptors (Lipinski definition) is 4. The van der Waals surface area contributed by atoms with Crippen molar-refractivity contribution in [2.24, 2.45) is 5.73 Å². The Morgan fingerprint density at radius 2 is 1.88 bits per heavy atom. The van der Waals surface area contributed by atoms with E-state index in [1.165, 1.54) is 0 Å². The second kappa shape index (κ2) is 8.14. The molecule has 6 nitrogen and oxygen atoms in total. The first-order valence-electron chi connectivity index (χ1n) is 11.4. The third kappa shape index (κ3) is 3.92. The molecule has 0 bridgehead atoms. The molecule has 170 valence electrons. The number of pyridine rings is 1. The predicted molar refractivity (Wildman–Crippen MR) is 126 cm³/mol. The van der Waals surface area contributed by atoms with Gasteiger partial charge in [-0.3, -0.25) is 9.78 Å². The fraction of sp³-hybridized carbons (Fsp3) is 0.346. The number of primary amides is 1. The Labute approximate surface area is 191 Å². The van der Waals surface area contributed by atoms with Crippen molar-refractivity contribution in [3.8, 4) is 22.3 Å². The summed E-state index contributed by atoms with van der Waals surface area (Å²) in [7, 11) is 0. The molecule has 0 saturated heterocycles. The number of benzene rings is 1. The molecule has 1 saturated carbocycles. The average molecular weight is 447 g/mol. The maximum Gasteiger partial charge on any atom is 0.248 e. The largest absolute Gasteiger partial charge is 0.366 e. The van der Waals surface area contributed by atoms with Crippen molar-refractivity contribution in [3.63, 3.8) is 0 Å². The van der Waals surface area contributed by atoms with Crippen LogP contribution >= 0.6 is 0 Å². The molecule has 33 heavy (non-hydrogen) atoms. The van der Waals surface area contributed by atoms with Crippen LogP contribution in [-0.4, -0.2) is 26.3 Å². The van der Waals surface area contributed by atoms with Crippen LogP contribution in [0.15, 0.2) is 47.2 Å². The van der Waals surface area contributed by atoms with Crippen molar-refractivity contribution in [1.29, 1.82) is 0 Å². The van der Waals surface area contributed by atoms with Gasteiger partial charge in [-0.05, 0) is 50.5 Å². The Balaban J connectivity index is 1.65. The third-order valence-corrected chi connectivity index (χ3v) is 6.72. The van der Waals surface area contributed by atoms with E-state index in [1.807, 2.05) is 49.0 Å². The predicted octanol–water partition coefficient (Wildman–Crippen LogP) is 5.75. The number of aryl methyl sites for hydroxylation is 2. The summed E-state index contributed by atoms with van der Waals surface area (Å²) < 4.78 is 23.1. The molecule has 1 aliphatic rings. The first-order chi connectivity index (χ1) is 15.8. The second-order valence-electron chi connectivity index (χ2n) is 9.11. The molecule has 7 heteroatoms. The molecule has 0 spiro atoms. The molecule has 0 radical (unpaired) electrons. The summed E-state index contributed by atoms with van der Waals surface area (Å²) in [5.74, 6) is 0.256. The zero-order valence-corrected chi connectivity index (χ0v) is 18.9. The van der Waals surface area contributed by atoms with Crippen LogP contribution in [0.3, 0.4) is 0 Å². The van der Waals surface area contributed by atoms with Crippen molar-refractivity contribution in [1.82, 2.24) is 14.7 Å². The minimum absolute atomic E-state index is 0.287. The highest BCUT2D eigenvalue weighted by molar-refractivity contribution is 5.97. The highest BCUT2D eigenvalue weighted by atomic mass is 19.1. The number of carbonyl (C=O) groups excluding carboxylic acids is 1. The van der Waals surface area contributed by atoms with Crippen LogP contribution in [0, 0.1) is 13.8 Å². The van der Waals surface area contributed by atoms with Crippen LogP contribution in [0.1, 0.15) is 53.9 Å². The van der Waals surface area contributed by atoms with E-state index in [4.69, 9.17) is 15.2 Å². The molecule has 0 unspecified atom stereocenters. The Bertz CT molecular complexity index is 1310. The Hall–Kier alpha value is -3.48. The number of aromatic nitrogens is 3. The second-order valence-corrected chi connectivity index (χ2v) is 9.11. The smallest absolute Gasteiger partial charge is 0.248 e. The average Bonchev–Trinajstić information content (AvgIpc) is 3.33. The van der Waals surface area contributed by atoms with Gasteiger partial charge in [-0.1, -0.05) is 36.6 Å². The summed E-state index contributed by atoms with van der Waals surface area (Å²) >= 11 is 0. The first kappa shape index (κ1) is 21.4. The molecule has 3 aromatic heterocycles. The van der Waals surface area contributed by atoms with Gasteiger partial charge in [0.05, 0.1) is 23.3 Å². The van der Waals surface area contributed by atoms with Gasteiger partial charge < -0.3 is 14.8 Å². The van der Waals surface area contributed by atoms with Crippen LogP contribution < -0.4 is 5.73 Å². The SMILES string of the molecule is Cc1noc(C)c1-c1cnc2c(-c3ccc(C(N)=O)cc3)cn(CC3(F)CCCCC3)c2c1. The van der Waals surface area contributed by atoms with E-state index < -0.39 is 11.6 Å². The zero-order valence-electron chi connectivity index (χ0n) is 18.9. The molecule has 2 N–H and O–H groups in total. The summed E-state index contributed by atoms with van der Waals surface area (Å²) in [6, 6.07) is 9.17. The number of alkyl halides is 1. The fourth-order valence-electron chi connectivity index (χ4n) is 5.00. The number of halogens is 1. The molecule has 4 aromatic rings. The fourth-order valence-corrected chi connectivity index (χ4v) is 5.00. The van der Waals surface area contributed by atoms with Gasteiger partial charge in [0, 0.05) is 34.6 Å². The molecular formula is C26H27FN4O2. The Morgan fingerprint density at radius 3 is 2.52 bits per heavy atom. The number of rotatable bonds is 5. The third-order valence-electron chi connectivity index (χ3n) is 6.72. The first-order valence-corrected chi connectivity index (χ1v) is 11.4. The summed E-state index contributed by atoms with van der Waals surface area (Å²) in [6.45, 7) is 4.07. The van der Waals surface area contributed by atoms with E-state index in [1.54, 1.807) is 12.1 Å². The quantitative estimate of drug-likeness (QED) is 0.423. The molecule has 1 amide bonds. The number of nitrogens with zero attached hydrogens (tertiary/aromatic N) is 3. The van der Waals surface area contributed by atoms with E-state index in [9.17, 15) is 4.79 Å². The van der Waals surface area contributed by atoms with Gasteiger partial charge in [0.25, 0.3) is 0 Å². The normalized spacial score (nSPS) is 15.7. The highest BCUT2D eigenvalue weighted by Crippen LogP contribution is 2.38. The minimum atomic E-state index is -1.23. The van der Waals surface area contributed by atoms with E-state index in [2.05, 4.69) is 5.16 Å². The van der Waals surface area contributed by atoms with Crippen molar-refractivity contribution >= 4 is 16.9 Å². The van der Waals surface area contributed by atoms with Crippen LogP contribution in [0.5, 0.6) is 0 Å². The lowest BCUT2D eigenvalue weighted by Gasteiger charge is -2.30. The van der Waals surface area contributed by atoms with Crippen LogP contribution in [-0.2, 0) is 6.54 Å². The van der Waals surface area contributed by atoms with E-state index in [0.29, 0.717) is 18.4 Å². The highest BCUT2D eigenvalue weighted by Gasteiger charge is 2.33. The van der Waals surface area contributed by atoms with Gasteiger partial charge in [0.15, 0.2) is 0 Å². The lowest BCUT2D eigenvalue weighted by Crippen LogP contribution is -2.31. The van der Waals surface area contributed by atoms with Crippen LogP contribution in [0.4, 0.5) is 4.39 Å². The molecule has 1 aliphatic carbocycles. The number of carbonyl (C=O) groups is 1. The van der Waals surface area contributed by atoms with Crippen molar-refractivity contribution in [3.05, 3.63) is 59.7 Å². The van der Waals surface area contributed by atoms with Crippen LogP contribution in [0.2, 0.25) is 0 Å².